The Morgan fingerprint density at radius 3 is 1.28 bits per heavy atom. The second kappa shape index (κ2) is 11.5. The van der Waals surface area contributed by atoms with E-state index in [9.17, 15) is 19.2 Å². The van der Waals surface area contributed by atoms with Gasteiger partial charge in [0.15, 0.2) is 0 Å². The molecule has 0 radical (unpaired) electrons. The molecule has 0 saturated heterocycles. The molecule has 7 heteroatoms. The summed E-state index contributed by atoms with van der Waals surface area (Å²) in [5.41, 5.74) is 6.31. The van der Waals surface area contributed by atoms with E-state index >= 15 is 0 Å². The van der Waals surface area contributed by atoms with Gasteiger partial charge in [0.05, 0.1) is 0 Å². The molecule has 50 heavy (non-hydrogen) atoms. The summed E-state index contributed by atoms with van der Waals surface area (Å²) in [5, 5.41) is 6.45. The van der Waals surface area contributed by atoms with Crippen LogP contribution >= 0.6 is 0 Å². The molecule has 2 aliphatic heterocycles. The van der Waals surface area contributed by atoms with E-state index in [4.69, 9.17) is 0 Å². The molecule has 0 spiro atoms. The number of amides is 4. The molecule has 0 N–H and O–H groups in total. The fraction of sp³-hybridized carbons (Fsp3) is 0.395. The molecule has 5 aromatic rings. The third kappa shape index (κ3) is 4.75. The third-order valence-electron chi connectivity index (χ3n) is 10.7. The highest BCUT2D eigenvalue weighted by molar-refractivity contribution is 6.84. The number of fused-ring (bicyclic) bond motifs is 2. The lowest BCUT2D eigenvalue weighted by molar-refractivity contribution is 0.0423. The van der Waals surface area contributed by atoms with E-state index in [1.165, 1.54) is 9.80 Å². The average molecular weight is 683 g/mol. The van der Waals surface area contributed by atoms with Crippen LogP contribution in [0.3, 0.4) is 0 Å². The smallest absolute Gasteiger partial charge is 0.261 e. The summed E-state index contributed by atoms with van der Waals surface area (Å²) >= 11 is 0. The highest BCUT2D eigenvalue weighted by Gasteiger charge is 2.43. The first-order chi connectivity index (χ1) is 23.5. The number of imide groups is 2. The number of hydrogen-bond donors (Lipinski definition) is 0. The quantitative estimate of drug-likeness (QED) is 0.0588. The van der Waals surface area contributed by atoms with Gasteiger partial charge in [-0.15, -0.1) is 5.54 Å². The SMILES string of the molecule is CC(C)C(C(C)C)N1C(=O)c2ccc3c4ccc5c6c(cc(C#C[Si](C)(C)C)c(c7ccc(c2c37)C1=O)c64)C(=O)N(C(C(C)C)C(C)C)C5=O. The molecule has 4 amide bonds. The van der Waals surface area contributed by atoms with E-state index in [1.807, 2.05) is 42.5 Å². The Kier molecular flexibility index (Phi) is 7.80. The molecular formula is C43H46N2O4Si. The molecule has 2 aliphatic rings. The minimum Gasteiger partial charge on any atom is -0.271 e. The Labute approximate surface area is 295 Å². The summed E-state index contributed by atoms with van der Waals surface area (Å²) in [6.45, 7) is 23.0. The molecule has 256 valence electrons. The first-order valence-corrected chi connectivity index (χ1v) is 21.5. The highest BCUT2D eigenvalue weighted by atomic mass is 28.3. The molecule has 2 heterocycles. The van der Waals surface area contributed by atoms with Crippen molar-refractivity contribution < 1.29 is 19.2 Å². The van der Waals surface area contributed by atoms with Gasteiger partial charge < -0.3 is 0 Å². The molecule has 0 bridgehead atoms. The number of carbonyl (C=O) groups excluding carboxylic acids is 4. The second-order valence-electron chi connectivity index (χ2n) is 16.7. The molecule has 0 aromatic heterocycles. The van der Waals surface area contributed by atoms with Crippen LogP contribution < -0.4 is 0 Å². The molecule has 6 nitrogen and oxygen atoms in total. The molecule has 5 aromatic carbocycles. The molecule has 0 unspecified atom stereocenters. The van der Waals surface area contributed by atoms with Crippen molar-refractivity contribution in [1.82, 2.24) is 9.80 Å². The van der Waals surface area contributed by atoms with Crippen LogP contribution in [0.2, 0.25) is 19.6 Å². The summed E-state index contributed by atoms with van der Waals surface area (Å²) in [6, 6.07) is 12.9. The summed E-state index contributed by atoms with van der Waals surface area (Å²) in [4.78, 5) is 60.5. The number of nitrogens with zero attached hydrogens (tertiary/aromatic N) is 2. The normalized spacial score (nSPS) is 15.3. The van der Waals surface area contributed by atoms with Crippen LogP contribution in [0, 0.1) is 35.1 Å². The van der Waals surface area contributed by atoms with E-state index in [1.54, 1.807) is 0 Å². The van der Waals surface area contributed by atoms with Crippen LogP contribution in [0.1, 0.15) is 102 Å². The maximum Gasteiger partial charge on any atom is 0.261 e. The Hall–Kier alpha value is -4.54. The zero-order valence-electron chi connectivity index (χ0n) is 31.0. The zero-order chi connectivity index (χ0) is 36.3. The molecule has 7 rings (SSSR count). The lowest BCUT2D eigenvalue weighted by atomic mass is 9.79. The van der Waals surface area contributed by atoms with Crippen molar-refractivity contribution >= 4 is 74.8 Å². The van der Waals surface area contributed by atoms with E-state index in [0.29, 0.717) is 33.0 Å². The minimum atomic E-state index is -1.86. The molecule has 0 atom stereocenters. The number of hydrogen-bond acceptors (Lipinski definition) is 4. The fourth-order valence-corrected chi connectivity index (χ4v) is 9.54. The van der Waals surface area contributed by atoms with Crippen LogP contribution in [-0.4, -0.2) is 53.6 Å². The van der Waals surface area contributed by atoms with Crippen molar-refractivity contribution in [3.05, 3.63) is 70.3 Å². The summed E-state index contributed by atoms with van der Waals surface area (Å²) < 4.78 is 0. The minimum absolute atomic E-state index is 0.0765. The van der Waals surface area contributed by atoms with Crippen LogP contribution in [0.15, 0.2) is 42.5 Å². The van der Waals surface area contributed by atoms with Crippen LogP contribution in [-0.2, 0) is 0 Å². The first kappa shape index (κ1) is 33.9. The van der Waals surface area contributed by atoms with Gasteiger partial charge in [0.1, 0.15) is 8.07 Å². The third-order valence-corrected chi connectivity index (χ3v) is 11.6. The van der Waals surface area contributed by atoms with Gasteiger partial charge >= 0.3 is 0 Å². The maximum atomic E-state index is 14.6. The fourth-order valence-electron chi connectivity index (χ4n) is 9.03. The maximum absolute atomic E-state index is 14.6. The predicted octanol–water partition coefficient (Wildman–Crippen LogP) is 9.52. The molecule has 0 saturated carbocycles. The molecular weight excluding hydrogens is 637 g/mol. The van der Waals surface area contributed by atoms with Crippen LogP contribution in [0.5, 0.6) is 0 Å². The highest BCUT2D eigenvalue weighted by Crippen LogP contribution is 2.48. The van der Waals surface area contributed by atoms with Gasteiger partial charge in [0, 0.05) is 61.4 Å². The zero-order valence-corrected chi connectivity index (χ0v) is 32.0. The van der Waals surface area contributed by atoms with Gasteiger partial charge in [-0.25, -0.2) is 0 Å². The Morgan fingerprint density at radius 1 is 0.480 bits per heavy atom. The number of carbonyl (C=O) groups is 4. The van der Waals surface area contributed by atoms with Crippen molar-refractivity contribution in [2.24, 2.45) is 23.7 Å². The second-order valence-corrected chi connectivity index (χ2v) is 21.5. The Balaban J connectivity index is 1.61. The first-order valence-electron chi connectivity index (χ1n) is 18.0. The summed E-state index contributed by atoms with van der Waals surface area (Å²) in [7, 11) is -1.86. The predicted molar refractivity (Wildman–Crippen MR) is 206 cm³/mol. The largest absolute Gasteiger partial charge is 0.271 e. The van der Waals surface area contributed by atoms with Gasteiger partial charge in [-0.3, -0.25) is 29.0 Å². The average Bonchev–Trinajstić information content (AvgIpc) is 3.03. The van der Waals surface area contributed by atoms with E-state index in [0.717, 1.165) is 37.9 Å². The van der Waals surface area contributed by atoms with Crippen LogP contribution in [0.25, 0.3) is 43.1 Å². The van der Waals surface area contributed by atoms with Gasteiger partial charge in [-0.1, -0.05) is 99.2 Å². The Morgan fingerprint density at radius 2 is 0.860 bits per heavy atom. The molecule has 0 fully saturated rings. The monoisotopic (exact) mass is 682 g/mol. The lowest BCUT2D eigenvalue weighted by Crippen LogP contribution is -2.51. The van der Waals surface area contributed by atoms with Crippen molar-refractivity contribution in [2.45, 2.75) is 87.1 Å². The van der Waals surface area contributed by atoms with E-state index < -0.39 is 8.07 Å². The van der Waals surface area contributed by atoms with Gasteiger partial charge in [-0.05, 0) is 69.5 Å². The number of rotatable bonds is 6. The van der Waals surface area contributed by atoms with E-state index in [-0.39, 0.29) is 59.4 Å². The van der Waals surface area contributed by atoms with Crippen molar-refractivity contribution in [3.8, 4) is 11.5 Å². The molecule has 0 aliphatic carbocycles. The number of benzene rings is 5. The summed E-state index contributed by atoms with van der Waals surface area (Å²) in [6.07, 6.45) is 0. The standard InChI is InChI=1S/C43H46N2O4Si/c1-21(2)38(22(3)4)44-40(46)29-15-12-26-27-13-16-31-36-32(43(49)45(42(31)48)39(23(5)6)24(7)8)20-25(18-19-50(9,10)11)33(37(27)36)28-14-17-30(41(44)47)35(29)34(26)28/h12-17,20-24,38-39H,1-11H3. The Bertz CT molecular complexity index is 2350. The topological polar surface area (TPSA) is 74.8 Å². The lowest BCUT2D eigenvalue weighted by Gasteiger charge is -2.39. The van der Waals surface area contributed by atoms with E-state index in [2.05, 4.69) is 86.5 Å². The van der Waals surface area contributed by atoms with Crippen molar-refractivity contribution in [2.75, 3.05) is 0 Å². The van der Waals surface area contributed by atoms with Gasteiger partial charge in [0.25, 0.3) is 23.6 Å². The van der Waals surface area contributed by atoms with Crippen LogP contribution in [0.4, 0.5) is 0 Å². The van der Waals surface area contributed by atoms with Crippen molar-refractivity contribution in [3.63, 3.8) is 0 Å². The van der Waals surface area contributed by atoms with Crippen molar-refractivity contribution in [1.29, 1.82) is 0 Å². The summed E-state index contributed by atoms with van der Waals surface area (Å²) in [5.74, 6) is 2.75. The van der Waals surface area contributed by atoms with Gasteiger partial charge in [0.2, 0.25) is 0 Å². The van der Waals surface area contributed by atoms with Gasteiger partial charge in [-0.2, -0.15) is 0 Å².